The number of carbonyl (C=O) groups is 1. The fraction of sp³-hybridized carbons (Fsp3) is 0.133. The summed E-state index contributed by atoms with van der Waals surface area (Å²) in [5.41, 5.74) is 7.37. The second kappa shape index (κ2) is 6.20. The summed E-state index contributed by atoms with van der Waals surface area (Å²) in [6.45, 7) is 0. The van der Waals surface area contributed by atoms with Crippen LogP contribution >= 0.6 is 23.2 Å². The molecular formula is C15H13Cl2NO. The van der Waals surface area contributed by atoms with Gasteiger partial charge in [-0.2, -0.15) is 0 Å². The first-order valence-electron chi connectivity index (χ1n) is 5.85. The number of Topliss-reactive ketones (excluding diaryl/α,β-unsaturated/α-hetero) is 1. The van der Waals surface area contributed by atoms with Crippen LogP contribution in [0.1, 0.15) is 17.2 Å². The van der Waals surface area contributed by atoms with Crippen molar-refractivity contribution in [3.8, 4) is 0 Å². The molecule has 2 N–H and O–H groups in total. The van der Waals surface area contributed by atoms with E-state index in [1.807, 2.05) is 30.3 Å². The van der Waals surface area contributed by atoms with Gasteiger partial charge in [0.2, 0.25) is 0 Å². The zero-order valence-electron chi connectivity index (χ0n) is 10.1. The van der Waals surface area contributed by atoms with Gasteiger partial charge in [0.05, 0.1) is 6.04 Å². The summed E-state index contributed by atoms with van der Waals surface area (Å²) in [7, 11) is 0. The molecule has 4 heteroatoms. The molecule has 0 heterocycles. The van der Waals surface area contributed by atoms with Gasteiger partial charge in [0.1, 0.15) is 0 Å². The van der Waals surface area contributed by atoms with Gasteiger partial charge in [-0.1, -0.05) is 59.6 Å². The van der Waals surface area contributed by atoms with Gasteiger partial charge in [-0.15, -0.1) is 0 Å². The Labute approximate surface area is 122 Å². The maximum atomic E-state index is 12.2. The molecule has 0 amide bonds. The van der Waals surface area contributed by atoms with E-state index < -0.39 is 6.04 Å². The molecule has 98 valence electrons. The molecule has 19 heavy (non-hydrogen) atoms. The maximum absolute atomic E-state index is 12.2. The first-order chi connectivity index (χ1) is 9.09. The second-order valence-electron chi connectivity index (χ2n) is 4.23. The number of nitrogens with two attached hydrogens (primary N) is 1. The van der Waals surface area contributed by atoms with E-state index >= 15 is 0 Å². The second-order valence-corrected chi connectivity index (χ2v) is 5.05. The van der Waals surface area contributed by atoms with E-state index in [2.05, 4.69) is 0 Å². The van der Waals surface area contributed by atoms with E-state index in [0.29, 0.717) is 15.6 Å². The summed E-state index contributed by atoms with van der Waals surface area (Å²) in [5, 5.41) is 0.974. The van der Waals surface area contributed by atoms with Crippen molar-refractivity contribution < 1.29 is 4.79 Å². The first kappa shape index (κ1) is 14.1. The van der Waals surface area contributed by atoms with Crippen LogP contribution in [0, 0.1) is 0 Å². The van der Waals surface area contributed by atoms with Crippen molar-refractivity contribution in [2.45, 2.75) is 12.5 Å². The van der Waals surface area contributed by atoms with Gasteiger partial charge in [-0.3, -0.25) is 4.79 Å². The van der Waals surface area contributed by atoms with E-state index in [-0.39, 0.29) is 12.2 Å². The third-order valence-corrected chi connectivity index (χ3v) is 3.63. The molecule has 0 aliphatic heterocycles. The average Bonchev–Trinajstić information content (AvgIpc) is 2.43. The molecule has 0 aliphatic carbocycles. The Morgan fingerprint density at radius 3 is 2.16 bits per heavy atom. The van der Waals surface area contributed by atoms with Crippen molar-refractivity contribution in [2.75, 3.05) is 0 Å². The lowest BCUT2D eigenvalue weighted by atomic mass is 9.98. The minimum Gasteiger partial charge on any atom is -0.318 e. The predicted molar refractivity (Wildman–Crippen MR) is 78.5 cm³/mol. The lowest BCUT2D eigenvalue weighted by molar-refractivity contribution is -0.119. The highest BCUT2D eigenvalue weighted by Gasteiger charge is 2.18. The number of halogens is 2. The molecule has 0 radical (unpaired) electrons. The lowest BCUT2D eigenvalue weighted by Gasteiger charge is -2.12. The van der Waals surface area contributed by atoms with Crippen LogP contribution in [0.25, 0.3) is 0 Å². The Bertz CT molecular complexity index is 564. The topological polar surface area (TPSA) is 43.1 Å². The number of benzene rings is 2. The molecule has 0 saturated heterocycles. The highest BCUT2D eigenvalue weighted by atomic mass is 35.5. The molecule has 0 aliphatic rings. The Morgan fingerprint density at radius 1 is 1.00 bits per heavy atom. The van der Waals surface area contributed by atoms with Crippen molar-refractivity contribution in [1.29, 1.82) is 0 Å². The summed E-state index contributed by atoms with van der Waals surface area (Å²) in [6.07, 6.45) is 0.133. The van der Waals surface area contributed by atoms with E-state index in [0.717, 1.165) is 5.56 Å². The van der Waals surface area contributed by atoms with Crippen LogP contribution < -0.4 is 5.73 Å². The van der Waals surface area contributed by atoms with Crippen molar-refractivity contribution in [2.24, 2.45) is 5.73 Å². The Balaban J connectivity index is 2.18. The third-order valence-electron chi connectivity index (χ3n) is 2.92. The smallest absolute Gasteiger partial charge is 0.158 e. The Kier molecular flexibility index (Phi) is 4.59. The zero-order chi connectivity index (χ0) is 13.8. The maximum Gasteiger partial charge on any atom is 0.158 e. The van der Waals surface area contributed by atoms with Gasteiger partial charge in [0.15, 0.2) is 5.78 Å². The van der Waals surface area contributed by atoms with Crippen LogP contribution in [0.4, 0.5) is 0 Å². The van der Waals surface area contributed by atoms with Gasteiger partial charge < -0.3 is 5.73 Å². The Hall–Kier alpha value is -1.35. The highest BCUT2D eigenvalue weighted by Crippen LogP contribution is 2.26. The number of rotatable bonds is 4. The molecule has 0 saturated carbocycles. The van der Waals surface area contributed by atoms with E-state index in [1.54, 1.807) is 18.2 Å². The predicted octanol–water partition coefficient (Wildman–Crippen LogP) is 3.81. The molecule has 0 aromatic heterocycles. The SMILES string of the molecule is NC(C(=O)Cc1c(Cl)cccc1Cl)c1ccccc1. The van der Waals surface area contributed by atoms with Crippen molar-refractivity contribution in [3.63, 3.8) is 0 Å². The summed E-state index contributed by atoms with van der Waals surface area (Å²) in [6, 6.07) is 13.8. The van der Waals surface area contributed by atoms with Gasteiger partial charge in [0, 0.05) is 16.5 Å². The fourth-order valence-electron chi connectivity index (χ4n) is 1.83. The molecule has 0 spiro atoms. The molecule has 2 rings (SSSR count). The molecule has 0 fully saturated rings. The molecular weight excluding hydrogens is 281 g/mol. The summed E-state index contributed by atoms with van der Waals surface area (Å²) < 4.78 is 0. The molecule has 1 atom stereocenters. The van der Waals surface area contributed by atoms with Crippen LogP contribution in [0.3, 0.4) is 0 Å². The quantitative estimate of drug-likeness (QED) is 0.932. The summed E-state index contributed by atoms with van der Waals surface area (Å²) in [5.74, 6) is -0.110. The first-order valence-corrected chi connectivity index (χ1v) is 6.61. The summed E-state index contributed by atoms with van der Waals surface area (Å²) >= 11 is 12.1. The van der Waals surface area contributed by atoms with E-state index in [9.17, 15) is 4.79 Å². The number of hydrogen-bond acceptors (Lipinski definition) is 2. The third kappa shape index (κ3) is 3.35. The van der Waals surface area contributed by atoms with Gasteiger partial charge in [-0.25, -0.2) is 0 Å². The van der Waals surface area contributed by atoms with Crippen molar-refractivity contribution >= 4 is 29.0 Å². The van der Waals surface area contributed by atoms with Gasteiger partial charge in [0.25, 0.3) is 0 Å². The van der Waals surface area contributed by atoms with Crippen LogP contribution in [-0.4, -0.2) is 5.78 Å². The molecule has 1 unspecified atom stereocenters. The van der Waals surface area contributed by atoms with E-state index in [4.69, 9.17) is 28.9 Å². The zero-order valence-corrected chi connectivity index (χ0v) is 11.7. The van der Waals surface area contributed by atoms with Crippen LogP contribution in [0.2, 0.25) is 10.0 Å². The molecule has 2 aromatic carbocycles. The molecule has 0 bridgehead atoms. The lowest BCUT2D eigenvalue weighted by Crippen LogP contribution is -2.23. The van der Waals surface area contributed by atoms with Crippen LogP contribution in [0.5, 0.6) is 0 Å². The van der Waals surface area contributed by atoms with Gasteiger partial charge in [-0.05, 0) is 23.3 Å². The monoisotopic (exact) mass is 293 g/mol. The summed E-state index contributed by atoms with van der Waals surface area (Å²) in [4.78, 5) is 12.2. The Morgan fingerprint density at radius 2 is 1.58 bits per heavy atom. The highest BCUT2D eigenvalue weighted by molar-refractivity contribution is 6.36. The minimum absolute atomic E-state index is 0.110. The van der Waals surface area contributed by atoms with Gasteiger partial charge >= 0.3 is 0 Å². The number of ketones is 1. The fourth-order valence-corrected chi connectivity index (χ4v) is 2.36. The largest absolute Gasteiger partial charge is 0.318 e. The van der Waals surface area contributed by atoms with E-state index in [1.165, 1.54) is 0 Å². The number of carbonyl (C=O) groups excluding carboxylic acids is 1. The van der Waals surface area contributed by atoms with Crippen molar-refractivity contribution in [3.05, 3.63) is 69.7 Å². The molecule has 2 aromatic rings. The van der Waals surface area contributed by atoms with Crippen LogP contribution in [0.15, 0.2) is 48.5 Å². The van der Waals surface area contributed by atoms with Crippen molar-refractivity contribution in [1.82, 2.24) is 0 Å². The standard InChI is InChI=1S/C15H13Cl2NO/c16-12-7-4-8-13(17)11(12)9-14(19)15(18)10-5-2-1-3-6-10/h1-8,15H,9,18H2. The van der Waals surface area contributed by atoms with Crippen LogP contribution in [-0.2, 0) is 11.2 Å². The normalized spacial score (nSPS) is 12.2. The number of hydrogen-bond donors (Lipinski definition) is 1. The minimum atomic E-state index is -0.659. The average molecular weight is 294 g/mol. The molecule has 2 nitrogen and oxygen atoms in total.